The van der Waals surface area contributed by atoms with Gasteiger partial charge in [-0.1, -0.05) is 54.6 Å². The molecule has 4 heteroatoms. The summed E-state index contributed by atoms with van der Waals surface area (Å²) in [6.07, 6.45) is 1.09. The molecule has 1 atom stereocenters. The van der Waals surface area contributed by atoms with Crippen LogP contribution < -0.4 is 32.9 Å². The van der Waals surface area contributed by atoms with Gasteiger partial charge in [-0.15, -0.1) is 0 Å². The number of benzene rings is 3. The molecule has 0 aliphatic rings. The second kappa shape index (κ2) is 10.5. The number of ether oxygens (including phenoxy) is 1. The fraction of sp³-hybridized carbons (Fsp3) is 0.174. The Labute approximate surface area is 172 Å². The minimum absolute atomic E-state index is 0. The van der Waals surface area contributed by atoms with Gasteiger partial charge in [0.2, 0.25) is 0 Å². The Kier molecular flexibility index (Phi) is 8.37. The summed E-state index contributed by atoms with van der Waals surface area (Å²) in [5, 5.41) is 3.61. The molecule has 0 aliphatic carbocycles. The zero-order chi connectivity index (χ0) is 18.2. The molecule has 3 rings (SSSR count). The van der Waals surface area contributed by atoms with Crippen molar-refractivity contribution in [2.45, 2.75) is 12.6 Å². The van der Waals surface area contributed by atoms with Gasteiger partial charge < -0.3 is 21.7 Å². The van der Waals surface area contributed by atoms with Gasteiger partial charge >= 0.3 is 0 Å². The van der Waals surface area contributed by atoms with E-state index >= 15 is 0 Å². The second-order valence-corrected chi connectivity index (χ2v) is 9.75. The highest BCUT2D eigenvalue weighted by Gasteiger charge is 2.52. The predicted molar refractivity (Wildman–Crippen MR) is 111 cm³/mol. The lowest BCUT2D eigenvalue weighted by Crippen LogP contribution is -3.00. The lowest BCUT2D eigenvalue weighted by atomic mass is 10.3. The molecule has 1 unspecified atom stereocenters. The number of hydrogen-bond acceptors (Lipinski definition) is 2. The molecule has 3 aromatic rings. The number of halogens is 1. The van der Waals surface area contributed by atoms with Gasteiger partial charge in [-0.25, -0.2) is 0 Å². The van der Waals surface area contributed by atoms with Gasteiger partial charge in [0, 0.05) is 6.61 Å². The first-order valence-corrected chi connectivity index (χ1v) is 10.8. The standard InChI is InChI=1S/C23H24O2P.BrH/c1-2-25-19-23(18-24)26(20-12-6-3-7-13-20,21-14-8-4-9-15-21)22-16-10-5-11-17-22;/h3-18,23H,2,19H2,1H3;1H/q+1;/p-1. The summed E-state index contributed by atoms with van der Waals surface area (Å²) in [5.74, 6) is 0. The maximum absolute atomic E-state index is 12.3. The SMILES string of the molecule is CCOCC(C=O)[P+](c1ccccc1)(c1ccccc1)c1ccccc1.[Br-]. The first-order valence-electron chi connectivity index (χ1n) is 8.92. The average Bonchev–Trinajstić information content (AvgIpc) is 2.73. The van der Waals surface area contributed by atoms with Crippen LogP contribution in [0.2, 0.25) is 0 Å². The fourth-order valence-corrected chi connectivity index (χ4v) is 7.97. The zero-order valence-corrected chi connectivity index (χ0v) is 17.9. The van der Waals surface area contributed by atoms with E-state index in [1.165, 1.54) is 15.9 Å². The number of hydrogen-bond donors (Lipinski definition) is 0. The highest BCUT2D eigenvalue weighted by molar-refractivity contribution is 7.96. The Morgan fingerprint density at radius 1 is 0.778 bits per heavy atom. The van der Waals surface area contributed by atoms with Gasteiger partial charge in [0.05, 0.1) is 6.61 Å². The highest BCUT2D eigenvalue weighted by atomic mass is 79.9. The molecule has 0 aliphatic heterocycles. The maximum Gasteiger partial charge on any atom is 0.163 e. The molecule has 3 aromatic carbocycles. The van der Waals surface area contributed by atoms with E-state index in [1.54, 1.807) is 0 Å². The van der Waals surface area contributed by atoms with Crippen LogP contribution >= 0.6 is 7.26 Å². The van der Waals surface area contributed by atoms with Crippen molar-refractivity contribution in [2.75, 3.05) is 13.2 Å². The Morgan fingerprint density at radius 3 is 1.44 bits per heavy atom. The predicted octanol–water partition coefficient (Wildman–Crippen LogP) is 0.589. The van der Waals surface area contributed by atoms with Crippen molar-refractivity contribution < 1.29 is 26.5 Å². The number of rotatable bonds is 8. The molecule has 0 bridgehead atoms. The largest absolute Gasteiger partial charge is 1.00 e. The molecule has 0 amide bonds. The van der Waals surface area contributed by atoms with Crippen molar-refractivity contribution in [2.24, 2.45) is 0 Å². The van der Waals surface area contributed by atoms with Crippen molar-refractivity contribution >= 4 is 29.5 Å². The smallest absolute Gasteiger partial charge is 0.163 e. The normalized spacial score (nSPS) is 12.0. The van der Waals surface area contributed by atoms with Crippen LogP contribution in [0.15, 0.2) is 91.0 Å². The first-order chi connectivity index (χ1) is 12.8. The van der Waals surface area contributed by atoms with Crippen LogP contribution in [0.25, 0.3) is 0 Å². The third kappa shape index (κ3) is 4.38. The molecule has 27 heavy (non-hydrogen) atoms. The Hall–Kier alpha value is -1.80. The van der Waals surface area contributed by atoms with Gasteiger partial charge in [-0.05, 0) is 43.3 Å². The summed E-state index contributed by atoms with van der Waals surface area (Å²) >= 11 is 0. The zero-order valence-electron chi connectivity index (χ0n) is 15.4. The Morgan fingerprint density at radius 2 is 1.15 bits per heavy atom. The molecule has 0 fully saturated rings. The van der Waals surface area contributed by atoms with Crippen molar-refractivity contribution in [1.82, 2.24) is 0 Å². The highest BCUT2D eigenvalue weighted by Crippen LogP contribution is 2.59. The lowest BCUT2D eigenvalue weighted by molar-refractivity contribution is -0.108. The monoisotopic (exact) mass is 442 g/mol. The van der Waals surface area contributed by atoms with Crippen LogP contribution in [0.5, 0.6) is 0 Å². The molecule has 0 heterocycles. The van der Waals surface area contributed by atoms with Gasteiger partial charge in [0.25, 0.3) is 0 Å². The summed E-state index contributed by atoms with van der Waals surface area (Å²) in [7, 11) is -2.19. The summed E-state index contributed by atoms with van der Waals surface area (Å²) in [6.45, 7) is 2.99. The maximum atomic E-state index is 12.3. The van der Waals surface area contributed by atoms with E-state index in [1.807, 2.05) is 25.1 Å². The summed E-state index contributed by atoms with van der Waals surface area (Å²) in [6, 6.07) is 31.3. The summed E-state index contributed by atoms with van der Waals surface area (Å²) in [4.78, 5) is 12.3. The van der Waals surface area contributed by atoms with Crippen molar-refractivity contribution in [1.29, 1.82) is 0 Å². The van der Waals surface area contributed by atoms with Crippen LogP contribution in [-0.4, -0.2) is 25.2 Å². The molecular weight excluding hydrogens is 419 g/mol. The van der Waals surface area contributed by atoms with Gasteiger partial charge in [-0.2, -0.15) is 0 Å². The van der Waals surface area contributed by atoms with E-state index < -0.39 is 7.26 Å². The van der Waals surface area contributed by atoms with Crippen molar-refractivity contribution in [3.63, 3.8) is 0 Å². The number of carbonyl (C=O) groups excluding carboxylic acids is 1. The van der Waals surface area contributed by atoms with Crippen molar-refractivity contribution in [3.05, 3.63) is 91.0 Å². The van der Waals surface area contributed by atoms with E-state index in [0.29, 0.717) is 13.2 Å². The quantitative estimate of drug-likeness (QED) is 0.377. The van der Waals surface area contributed by atoms with Crippen LogP contribution in [0.3, 0.4) is 0 Å². The number of aldehydes is 1. The van der Waals surface area contributed by atoms with Crippen LogP contribution in [-0.2, 0) is 9.53 Å². The molecule has 0 N–H and O–H groups in total. The third-order valence-corrected chi connectivity index (χ3v) is 9.24. The van der Waals surface area contributed by atoms with Crippen LogP contribution in [0.1, 0.15) is 6.92 Å². The Balaban J connectivity index is 0.00000261. The molecule has 2 nitrogen and oxygen atoms in total. The molecule has 140 valence electrons. The topological polar surface area (TPSA) is 26.3 Å². The van der Waals surface area contributed by atoms with E-state index in [-0.39, 0.29) is 22.6 Å². The molecular formula is C23H24BrO2P. The summed E-state index contributed by atoms with van der Waals surface area (Å²) in [5.41, 5.74) is -0.227. The van der Waals surface area contributed by atoms with Crippen LogP contribution in [0, 0.1) is 0 Å². The third-order valence-electron chi connectivity index (χ3n) is 4.64. The average molecular weight is 443 g/mol. The van der Waals surface area contributed by atoms with E-state index in [9.17, 15) is 4.79 Å². The summed E-state index contributed by atoms with van der Waals surface area (Å²) < 4.78 is 5.75. The van der Waals surface area contributed by atoms with E-state index in [0.717, 1.165) is 6.29 Å². The van der Waals surface area contributed by atoms with E-state index in [4.69, 9.17) is 4.74 Å². The minimum atomic E-state index is -2.19. The lowest BCUT2D eigenvalue weighted by Gasteiger charge is -2.31. The van der Waals surface area contributed by atoms with Crippen molar-refractivity contribution in [3.8, 4) is 0 Å². The molecule has 0 saturated heterocycles. The van der Waals surface area contributed by atoms with Gasteiger partial charge in [0.1, 0.15) is 23.2 Å². The fourth-order valence-electron chi connectivity index (χ4n) is 3.49. The van der Waals surface area contributed by atoms with E-state index in [2.05, 4.69) is 72.8 Å². The van der Waals surface area contributed by atoms with Gasteiger partial charge in [-0.3, -0.25) is 4.79 Å². The van der Waals surface area contributed by atoms with Gasteiger partial charge in [0.15, 0.2) is 11.9 Å². The van der Waals surface area contributed by atoms with Crippen LogP contribution in [0.4, 0.5) is 0 Å². The number of carbonyl (C=O) groups is 1. The first kappa shape index (κ1) is 21.5. The molecule has 0 saturated carbocycles. The Bertz CT molecular complexity index is 713. The molecule has 0 radical (unpaired) electrons. The molecule has 0 aromatic heterocycles. The molecule has 0 spiro atoms. The second-order valence-electron chi connectivity index (χ2n) is 6.09. The minimum Gasteiger partial charge on any atom is -1.00 e.